The quantitative estimate of drug-likeness (QED) is 0.660. The zero-order valence-corrected chi connectivity index (χ0v) is 14.6. The third-order valence-electron chi connectivity index (χ3n) is 4.46. The lowest BCUT2D eigenvalue weighted by Crippen LogP contribution is -2.18. The summed E-state index contributed by atoms with van der Waals surface area (Å²) in [4.78, 5) is 2.49. The van der Waals surface area contributed by atoms with Gasteiger partial charge in [0.05, 0.1) is 11.1 Å². The summed E-state index contributed by atoms with van der Waals surface area (Å²) >= 11 is 0. The minimum absolute atomic E-state index is 0.213. The van der Waals surface area contributed by atoms with E-state index < -0.39 is 10.0 Å². The van der Waals surface area contributed by atoms with Gasteiger partial charge in [-0.15, -0.1) is 0 Å². The van der Waals surface area contributed by atoms with Crippen molar-refractivity contribution in [3.05, 3.63) is 65.2 Å². The molecule has 1 aliphatic carbocycles. The van der Waals surface area contributed by atoms with Crippen LogP contribution >= 0.6 is 0 Å². The first-order chi connectivity index (χ1) is 11.5. The number of hydrogen-bond acceptors (Lipinski definition) is 3. The summed E-state index contributed by atoms with van der Waals surface area (Å²) in [5.41, 5.74) is 3.24. The highest BCUT2D eigenvalue weighted by atomic mass is 32.2. The zero-order valence-electron chi connectivity index (χ0n) is 13.8. The Hall–Kier alpha value is -2.14. The van der Waals surface area contributed by atoms with Crippen molar-refractivity contribution in [3.8, 4) is 0 Å². The molecule has 1 aliphatic rings. The predicted octanol–water partition coefficient (Wildman–Crippen LogP) is 3.97. The second-order valence-electron chi connectivity index (χ2n) is 6.32. The van der Waals surface area contributed by atoms with E-state index in [2.05, 4.69) is 22.1 Å². The van der Waals surface area contributed by atoms with Crippen molar-refractivity contribution in [2.45, 2.75) is 43.4 Å². The number of nitrogens with one attached hydrogen (secondary N) is 1. The summed E-state index contributed by atoms with van der Waals surface area (Å²) in [6.45, 7) is 1.92. The van der Waals surface area contributed by atoms with Crippen molar-refractivity contribution in [1.82, 2.24) is 4.83 Å². The Kier molecular flexibility index (Phi) is 5.00. The number of hydrazone groups is 1. The van der Waals surface area contributed by atoms with Crippen LogP contribution in [-0.2, 0) is 10.0 Å². The maximum absolute atomic E-state index is 12.2. The van der Waals surface area contributed by atoms with Gasteiger partial charge in [0.25, 0.3) is 10.0 Å². The fourth-order valence-corrected chi connectivity index (χ4v) is 3.88. The molecular weight excluding hydrogens is 320 g/mol. The summed E-state index contributed by atoms with van der Waals surface area (Å²) < 4.78 is 24.4. The second-order valence-corrected chi connectivity index (χ2v) is 7.98. The number of hydrogen-bond donors (Lipinski definition) is 1. The summed E-state index contributed by atoms with van der Waals surface area (Å²) in [6, 6.07) is 14.9. The van der Waals surface area contributed by atoms with Gasteiger partial charge in [-0.25, -0.2) is 4.83 Å². The van der Waals surface area contributed by atoms with Gasteiger partial charge in [-0.3, -0.25) is 0 Å². The Morgan fingerprint density at radius 3 is 2.50 bits per heavy atom. The third kappa shape index (κ3) is 4.03. The zero-order chi connectivity index (χ0) is 17.0. The van der Waals surface area contributed by atoms with Crippen LogP contribution in [0.25, 0.3) is 0 Å². The number of rotatable bonds is 5. The van der Waals surface area contributed by atoms with E-state index in [-0.39, 0.29) is 4.90 Å². The van der Waals surface area contributed by atoms with Crippen LogP contribution in [0.15, 0.2) is 58.5 Å². The summed E-state index contributed by atoms with van der Waals surface area (Å²) in [6.07, 6.45) is 6.62. The molecule has 5 heteroatoms. The van der Waals surface area contributed by atoms with Gasteiger partial charge in [-0.2, -0.15) is 13.5 Å². The average Bonchev–Trinajstić information content (AvgIpc) is 3.10. The highest BCUT2D eigenvalue weighted by Crippen LogP contribution is 2.34. The largest absolute Gasteiger partial charge is 0.276 e. The van der Waals surface area contributed by atoms with Crippen molar-refractivity contribution in [2.24, 2.45) is 5.10 Å². The van der Waals surface area contributed by atoms with Gasteiger partial charge in [0.2, 0.25) is 0 Å². The van der Waals surface area contributed by atoms with E-state index in [1.807, 2.05) is 19.1 Å². The summed E-state index contributed by atoms with van der Waals surface area (Å²) in [7, 11) is -3.62. The van der Waals surface area contributed by atoms with Crippen molar-refractivity contribution < 1.29 is 8.42 Å². The van der Waals surface area contributed by atoms with Gasteiger partial charge >= 0.3 is 0 Å². The molecule has 1 N–H and O–H groups in total. The minimum Gasteiger partial charge on any atom is -0.200 e. The lowest BCUT2D eigenvalue weighted by Gasteiger charge is -2.09. The van der Waals surface area contributed by atoms with E-state index in [0.717, 1.165) is 11.1 Å². The molecule has 3 rings (SSSR count). The highest BCUT2D eigenvalue weighted by Gasteiger charge is 2.17. The van der Waals surface area contributed by atoms with Gasteiger partial charge < -0.3 is 0 Å². The molecule has 0 atom stereocenters. The molecule has 0 amide bonds. The van der Waals surface area contributed by atoms with Crippen molar-refractivity contribution >= 4 is 16.2 Å². The van der Waals surface area contributed by atoms with Crippen LogP contribution in [0.1, 0.15) is 48.3 Å². The monoisotopic (exact) mass is 342 g/mol. The van der Waals surface area contributed by atoms with Crippen molar-refractivity contribution in [2.75, 3.05) is 0 Å². The van der Waals surface area contributed by atoms with Gasteiger partial charge in [0, 0.05) is 0 Å². The van der Waals surface area contributed by atoms with E-state index in [9.17, 15) is 8.42 Å². The highest BCUT2D eigenvalue weighted by molar-refractivity contribution is 7.89. The molecule has 2 aromatic rings. The molecule has 1 fully saturated rings. The van der Waals surface area contributed by atoms with E-state index in [1.54, 1.807) is 30.5 Å². The fraction of sp³-hybridized carbons (Fsp3) is 0.316. The van der Waals surface area contributed by atoms with Crippen molar-refractivity contribution in [3.63, 3.8) is 0 Å². The molecule has 0 radical (unpaired) electrons. The number of benzene rings is 2. The molecule has 0 aromatic heterocycles. The Labute approximate surface area is 143 Å². The van der Waals surface area contributed by atoms with Gasteiger partial charge in [0.15, 0.2) is 0 Å². The van der Waals surface area contributed by atoms with Crippen LogP contribution in [0.5, 0.6) is 0 Å². The summed E-state index contributed by atoms with van der Waals surface area (Å²) in [5, 5.41) is 3.92. The van der Waals surface area contributed by atoms with Crippen LogP contribution in [0, 0.1) is 6.92 Å². The van der Waals surface area contributed by atoms with E-state index >= 15 is 0 Å². The topological polar surface area (TPSA) is 58.5 Å². The lowest BCUT2D eigenvalue weighted by molar-refractivity contribution is 0.584. The number of sulfonamides is 1. The standard InChI is InChI=1S/C19H22N2O2S/c1-15-9-11-19(12-10-15)24(22,23)21-20-14-16-5-4-8-18(13-16)17-6-2-3-7-17/h4-5,8-14,17,21H,2-3,6-7H2,1H3/b20-14-. The Morgan fingerprint density at radius 1 is 1.08 bits per heavy atom. The van der Waals surface area contributed by atoms with Gasteiger partial charge in [-0.1, -0.05) is 48.7 Å². The smallest absolute Gasteiger partial charge is 0.200 e. The predicted molar refractivity (Wildman–Crippen MR) is 96.7 cm³/mol. The normalized spacial score (nSPS) is 15.9. The maximum Gasteiger partial charge on any atom is 0.276 e. The molecule has 0 bridgehead atoms. The Bertz CT molecular complexity index is 821. The molecule has 0 saturated heterocycles. The van der Waals surface area contributed by atoms with Crippen LogP contribution in [0.2, 0.25) is 0 Å². The molecule has 2 aromatic carbocycles. The van der Waals surface area contributed by atoms with E-state index in [1.165, 1.54) is 31.2 Å². The van der Waals surface area contributed by atoms with Gasteiger partial charge in [-0.05, 0) is 55.0 Å². The number of aryl methyl sites for hydroxylation is 1. The second kappa shape index (κ2) is 7.18. The molecule has 0 spiro atoms. The fourth-order valence-electron chi connectivity index (χ4n) is 3.09. The van der Waals surface area contributed by atoms with Crippen LogP contribution in [0.3, 0.4) is 0 Å². The van der Waals surface area contributed by atoms with Crippen LogP contribution in [-0.4, -0.2) is 14.6 Å². The molecule has 0 aliphatic heterocycles. The lowest BCUT2D eigenvalue weighted by atomic mass is 9.96. The molecule has 24 heavy (non-hydrogen) atoms. The minimum atomic E-state index is -3.62. The SMILES string of the molecule is Cc1ccc(S(=O)(=O)N/N=C\c2cccc(C3CCCC3)c2)cc1. The molecule has 1 saturated carbocycles. The molecular formula is C19H22N2O2S. The third-order valence-corrected chi connectivity index (χ3v) is 5.69. The van der Waals surface area contributed by atoms with E-state index in [4.69, 9.17) is 0 Å². The molecule has 126 valence electrons. The first kappa shape index (κ1) is 16.7. The average molecular weight is 342 g/mol. The van der Waals surface area contributed by atoms with E-state index in [0.29, 0.717) is 5.92 Å². The Morgan fingerprint density at radius 2 is 1.79 bits per heavy atom. The maximum atomic E-state index is 12.2. The Balaban J connectivity index is 1.69. The first-order valence-electron chi connectivity index (χ1n) is 8.26. The summed E-state index contributed by atoms with van der Waals surface area (Å²) in [5.74, 6) is 0.627. The van der Waals surface area contributed by atoms with Crippen LogP contribution < -0.4 is 4.83 Å². The molecule has 4 nitrogen and oxygen atoms in total. The van der Waals surface area contributed by atoms with Crippen LogP contribution in [0.4, 0.5) is 0 Å². The van der Waals surface area contributed by atoms with Gasteiger partial charge in [0.1, 0.15) is 0 Å². The molecule has 0 heterocycles. The van der Waals surface area contributed by atoms with Crippen molar-refractivity contribution in [1.29, 1.82) is 0 Å². The molecule has 0 unspecified atom stereocenters. The first-order valence-corrected chi connectivity index (χ1v) is 9.74. The number of nitrogens with zero attached hydrogens (tertiary/aromatic N) is 1.